The Balaban J connectivity index is 2.07. The van der Waals surface area contributed by atoms with Crippen molar-refractivity contribution in [2.45, 2.75) is 57.2 Å². The maximum atomic E-state index is 10.4. The smallest absolute Gasteiger partial charge is 0.119 e. The third-order valence-corrected chi connectivity index (χ3v) is 3.89. The minimum Gasteiger partial charge on any atom is -0.508 e. The quantitative estimate of drug-likeness (QED) is 0.660. The lowest BCUT2D eigenvalue weighted by molar-refractivity contribution is 0.119. The van der Waals surface area contributed by atoms with E-state index in [0.717, 1.165) is 19.3 Å². The molecule has 1 fully saturated rings. The van der Waals surface area contributed by atoms with Gasteiger partial charge < -0.3 is 20.6 Å². The first-order valence-corrected chi connectivity index (χ1v) is 7.07. The summed E-state index contributed by atoms with van der Waals surface area (Å²) < 4.78 is 0. The Labute approximate surface area is 114 Å². The largest absolute Gasteiger partial charge is 0.508 e. The fraction of sp³-hybridized carbons (Fsp3) is 0.600. The monoisotopic (exact) mass is 265 g/mol. The zero-order valence-electron chi connectivity index (χ0n) is 11.3. The molecule has 2 atom stereocenters. The lowest BCUT2D eigenvalue weighted by Gasteiger charge is -2.27. The number of nitrogens with one attached hydrogen (secondary N) is 1. The Kier molecular flexibility index (Phi) is 4.66. The van der Waals surface area contributed by atoms with Crippen LogP contribution in [0, 0.1) is 0 Å². The van der Waals surface area contributed by atoms with E-state index in [1.807, 2.05) is 6.92 Å². The van der Waals surface area contributed by atoms with Crippen molar-refractivity contribution >= 4 is 0 Å². The zero-order chi connectivity index (χ0) is 13.8. The van der Waals surface area contributed by atoms with Crippen molar-refractivity contribution in [3.05, 3.63) is 23.8 Å². The summed E-state index contributed by atoms with van der Waals surface area (Å²) in [5.74, 6) is -0.0467. The SMILES string of the molecule is CCC(NC1CCCC1)C(O)c1cc(O)cc(O)c1. The summed E-state index contributed by atoms with van der Waals surface area (Å²) >= 11 is 0. The van der Waals surface area contributed by atoms with Crippen molar-refractivity contribution in [3.63, 3.8) is 0 Å². The van der Waals surface area contributed by atoms with Crippen LogP contribution in [0.5, 0.6) is 11.5 Å². The van der Waals surface area contributed by atoms with E-state index in [-0.39, 0.29) is 17.5 Å². The summed E-state index contributed by atoms with van der Waals surface area (Å²) in [5.41, 5.74) is 0.551. The molecule has 0 spiro atoms. The van der Waals surface area contributed by atoms with E-state index in [1.165, 1.54) is 31.0 Å². The van der Waals surface area contributed by atoms with Gasteiger partial charge in [0, 0.05) is 18.2 Å². The zero-order valence-corrected chi connectivity index (χ0v) is 11.3. The van der Waals surface area contributed by atoms with Crippen molar-refractivity contribution in [2.24, 2.45) is 0 Å². The van der Waals surface area contributed by atoms with Crippen LogP contribution >= 0.6 is 0 Å². The molecule has 0 aromatic heterocycles. The number of phenolic OH excluding ortho intramolecular Hbond substituents is 2. The van der Waals surface area contributed by atoms with Crippen LogP contribution in [0.4, 0.5) is 0 Å². The van der Waals surface area contributed by atoms with Gasteiger partial charge in [-0.1, -0.05) is 19.8 Å². The minimum absolute atomic E-state index is 0.0234. The molecule has 0 amide bonds. The second-order valence-electron chi connectivity index (χ2n) is 5.39. The number of aromatic hydroxyl groups is 2. The number of hydrogen-bond acceptors (Lipinski definition) is 4. The summed E-state index contributed by atoms with van der Waals surface area (Å²) in [6.45, 7) is 2.03. The van der Waals surface area contributed by atoms with Crippen molar-refractivity contribution in [2.75, 3.05) is 0 Å². The van der Waals surface area contributed by atoms with Crippen LogP contribution in [0.2, 0.25) is 0 Å². The average Bonchev–Trinajstić information content (AvgIpc) is 2.86. The van der Waals surface area contributed by atoms with Crippen LogP contribution in [0.25, 0.3) is 0 Å². The van der Waals surface area contributed by atoms with E-state index in [1.54, 1.807) is 0 Å². The third-order valence-electron chi connectivity index (χ3n) is 3.89. The second kappa shape index (κ2) is 6.26. The van der Waals surface area contributed by atoms with Crippen LogP contribution in [0.3, 0.4) is 0 Å². The van der Waals surface area contributed by atoms with E-state index in [2.05, 4.69) is 5.32 Å². The Morgan fingerprint density at radius 3 is 2.26 bits per heavy atom. The molecule has 4 N–H and O–H groups in total. The van der Waals surface area contributed by atoms with Gasteiger partial charge in [-0.05, 0) is 37.0 Å². The van der Waals surface area contributed by atoms with Gasteiger partial charge in [0.25, 0.3) is 0 Å². The third kappa shape index (κ3) is 3.61. The number of benzene rings is 1. The predicted octanol–water partition coefficient (Wildman–Crippen LogP) is 2.44. The summed E-state index contributed by atoms with van der Waals surface area (Å²) in [6.07, 6.45) is 4.90. The van der Waals surface area contributed by atoms with Gasteiger partial charge in [-0.3, -0.25) is 0 Å². The van der Waals surface area contributed by atoms with E-state index >= 15 is 0 Å². The van der Waals surface area contributed by atoms with Crippen LogP contribution < -0.4 is 5.32 Å². The van der Waals surface area contributed by atoms with Crippen LogP contribution in [0.15, 0.2) is 18.2 Å². The molecule has 0 radical (unpaired) electrons. The Morgan fingerprint density at radius 2 is 1.74 bits per heavy atom. The number of aliphatic hydroxyl groups is 1. The lowest BCUT2D eigenvalue weighted by Crippen LogP contribution is -2.40. The summed E-state index contributed by atoms with van der Waals surface area (Å²) in [5, 5.41) is 32.9. The molecule has 4 heteroatoms. The van der Waals surface area contributed by atoms with Gasteiger partial charge in [0.2, 0.25) is 0 Å². The van der Waals surface area contributed by atoms with E-state index in [0.29, 0.717) is 11.6 Å². The molecule has 1 aliphatic rings. The van der Waals surface area contributed by atoms with Crippen molar-refractivity contribution in [1.29, 1.82) is 0 Å². The highest BCUT2D eigenvalue weighted by Gasteiger charge is 2.24. The van der Waals surface area contributed by atoms with E-state index in [9.17, 15) is 15.3 Å². The van der Waals surface area contributed by atoms with Gasteiger partial charge in [0.05, 0.1) is 6.10 Å². The summed E-state index contributed by atoms with van der Waals surface area (Å²) in [7, 11) is 0. The molecule has 1 aliphatic carbocycles. The molecule has 2 unspecified atom stereocenters. The standard InChI is InChI=1S/C15H23NO3/c1-2-14(16-11-5-3-4-6-11)15(19)10-7-12(17)9-13(18)8-10/h7-9,11,14-19H,2-6H2,1H3. The highest BCUT2D eigenvalue weighted by Crippen LogP contribution is 2.28. The van der Waals surface area contributed by atoms with Gasteiger partial charge >= 0.3 is 0 Å². The number of hydrogen-bond donors (Lipinski definition) is 4. The number of aliphatic hydroxyl groups excluding tert-OH is 1. The van der Waals surface area contributed by atoms with Gasteiger partial charge in [-0.15, -0.1) is 0 Å². The van der Waals surface area contributed by atoms with Crippen molar-refractivity contribution in [1.82, 2.24) is 5.32 Å². The van der Waals surface area contributed by atoms with Crippen molar-refractivity contribution < 1.29 is 15.3 Å². The fourth-order valence-corrected chi connectivity index (χ4v) is 2.85. The lowest BCUT2D eigenvalue weighted by atomic mass is 9.98. The van der Waals surface area contributed by atoms with Crippen LogP contribution in [0.1, 0.15) is 50.7 Å². The van der Waals surface area contributed by atoms with Gasteiger partial charge in [0.15, 0.2) is 0 Å². The molecule has 1 aromatic carbocycles. The molecular formula is C15H23NO3. The average molecular weight is 265 g/mol. The molecule has 106 valence electrons. The fourth-order valence-electron chi connectivity index (χ4n) is 2.85. The van der Waals surface area contributed by atoms with Gasteiger partial charge in [0.1, 0.15) is 11.5 Å². The van der Waals surface area contributed by atoms with Gasteiger partial charge in [-0.25, -0.2) is 0 Å². The Hall–Kier alpha value is -1.26. The van der Waals surface area contributed by atoms with Gasteiger partial charge in [-0.2, -0.15) is 0 Å². The maximum Gasteiger partial charge on any atom is 0.119 e. The maximum absolute atomic E-state index is 10.4. The van der Waals surface area contributed by atoms with Crippen LogP contribution in [-0.4, -0.2) is 27.4 Å². The van der Waals surface area contributed by atoms with Crippen molar-refractivity contribution in [3.8, 4) is 11.5 Å². The molecule has 19 heavy (non-hydrogen) atoms. The first-order chi connectivity index (χ1) is 9.10. The Bertz CT molecular complexity index is 396. The van der Waals surface area contributed by atoms with Crippen LogP contribution in [-0.2, 0) is 0 Å². The topological polar surface area (TPSA) is 72.7 Å². The van der Waals surface area contributed by atoms with E-state index in [4.69, 9.17) is 0 Å². The normalized spacial score (nSPS) is 19.5. The number of rotatable bonds is 5. The highest BCUT2D eigenvalue weighted by molar-refractivity contribution is 5.38. The molecule has 0 bridgehead atoms. The molecule has 1 saturated carbocycles. The minimum atomic E-state index is -0.719. The summed E-state index contributed by atoms with van der Waals surface area (Å²) in [4.78, 5) is 0. The highest BCUT2D eigenvalue weighted by atomic mass is 16.3. The molecule has 0 heterocycles. The first kappa shape index (κ1) is 14.2. The van der Waals surface area contributed by atoms with E-state index < -0.39 is 6.10 Å². The second-order valence-corrected chi connectivity index (χ2v) is 5.39. The molecule has 0 aliphatic heterocycles. The summed E-state index contributed by atoms with van der Waals surface area (Å²) in [6, 6.07) is 4.70. The Morgan fingerprint density at radius 1 is 1.16 bits per heavy atom. The molecule has 1 aromatic rings. The first-order valence-electron chi connectivity index (χ1n) is 7.07. The predicted molar refractivity (Wildman–Crippen MR) is 74.2 cm³/mol. The number of phenols is 2. The molecular weight excluding hydrogens is 242 g/mol. The molecule has 0 saturated heterocycles. The molecule has 4 nitrogen and oxygen atoms in total. The molecule has 2 rings (SSSR count).